The van der Waals surface area contributed by atoms with Gasteiger partial charge in [-0.05, 0) is 35.8 Å². The van der Waals surface area contributed by atoms with Gasteiger partial charge in [-0.3, -0.25) is 0 Å². The van der Waals surface area contributed by atoms with E-state index in [-0.39, 0.29) is 0 Å². The molecule has 1 heterocycles. The molecule has 0 fully saturated rings. The molecular formula is C15H21N3OS. The summed E-state index contributed by atoms with van der Waals surface area (Å²) in [5.74, 6) is 3.80. The largest absolute Gasteiger partial charge is 0.399 e. The van der Waals surface area contributed by atoms with Gasteiger partial charge >= 0.3 is 0 Å². The first-order valence-electron chi connectivity index (χ1n) is 6.93. The summed E-state index contributed by atoms with van der Waals surface area (Å²) in [4.78, 5) is 4.44. The molecule has 1 atom stereocenters. The van der Waals surface area contributed by atoms with Gasteiger partial charge < -0.3 is 10.3 Å². The monoisotopic (exact) mass is 291 g/mol. The molecule has 0 aliphatic rings. The minimum absolute atomic E-state index is 0.340. The van der Waals surface area contributed by atoms with Crippen LogP contribution >= 0.6 is 11.8 Å². The molecule has 0 radical (unpaired) electrons. The van der Waals surface area contributed by atoms with E-state index < -0.39 is 0 Å². The number of aromatic nitrogens is 2. The van der Waals surface area contributed by atoms with E-state index >= 15 is 0 Å². The highest BCUT2D eigenvalue weighted by Crippen LogP contribution is 2.21. The van der Waals surface area contributed by atoms with Crippen LogP contribution in [0.15, 0.2) is 28.8 Å². The molecule has 0 saturated heterocycles. The second-order valence-corrected chi connectivity index (χ2v) is 6.03. The van der Waals surface area contributed by atoms with E-state index in [1.807, 2.05) is 36.0 Å². The van der Waals surface area contributed by atoms with Gasteiger partial charge in [0.2, 0.25) is 5.89 Å². The molecule has 1 aromatic carbocycles. The van der Waals surface area contributed by atoms with Gasteiger partial charge in [-0.1, -0.05) is 31.1 Å². The normalized spacial score (nSPS) is 12.5. The average molecular weight is 291 g/mol. The lowest BCUT2D eigenvalue weighted by atomic mass is 9.98. The highest BCUT2D eigenvalue weighted by Gasteiger charge is 2.12. The standard InChI is InChI=1S/C15H21N3OS/c1-3-8-20-10-14-17-15(19-18-14)9-11(2)12-4-6-13(16)7-5-12/h4-7,11H,3,8-10,16H2,1-2H3. The Hall–Kier alpha value is -1.49. The predicted molar refractivity (Wildman–Crippen MR) is 83.7 cm³/mol. The molecule has 0 aliphatic heterocycles. The van der Waals surface area contributed by atoms with Crippen molar-refractivity contribution in [1.29, 1.82) is 0 Å². The number of hydrogen-bond acceptors (Lipinski definition) is 5. The van der Waals surface area contributed by atoms with Crippen molar-refractivity contribution in [3.05, 3.63) is 41.5 Å². The van der Waals surface area contributed by atoms with Gasteiger partial charge in [-0.2, -0.15) is 16.7 Å². The quantitative estimate of drug-likeness (QED) is 0.623. The maximum atomic E-state index is 5.70. The van der Waals surface area contributed by atoms with E-state index in [0.717, 1.165) is 29.4 Å². The summed E-state index contributed by atoms with van der Waals surface area (Å²) in [6, 6.07) is 7.95. The molecule has 4 nitrogen and oxygen atoms in total. The molecule has 5 heteroatoms. The predicted octanol–water partition coefficient (Wildman–Crippen LogP) is 3.64. The maximum Gasteiger partial charge on any atom is 0.227 e. The first-order chi connectivity index (χ1) is 9.69. The molecule has 20 heavy (non-hydrogen) atoms. The molecule has 0 spiro atoms. The fraction of sp³-hybridized carbons (Fsp3) is 0.467. The van der Waals surface area contributed by atoms with Crippen LogP contribution in [0, 0.1) is 0 Å². The topological polar surface area (TPSA) is 64.9 Å². The molecule has 2 rings (SSSR count). The van der Waals surface area contributed by atoms with Crippen molar-refractivity contribution in [1.82, 2.24) is 10.1 Å². The molecule has 2 aromatic rings. The second kappa shape index (κ2) is 7.33. The number of hydrogen-bond donors (Lipinski definition) is 1. The smallest absolute Gasteiger partial charge is 0.227 e. The van der Waals surface area contributed by atoms with Crippen molar-refractivity contribution >= 4 is 17.4 Å². The van der Waals surface area contributed by atoms with Crippen LogP contribution in [-0.4, -0.2) is 15.9 Å². The van der Waals surface area contributed by atoms with Crippen LogP contribution in [0.2, 0.25) is 0 Å². The fourth-order valence-electron chi connectivity index (χ4n) is 1.94. The molecular weight excluding hydrogens is 270 g/mol. The van der Waals surface area contributed by atoms with Gasteiger partial charge in [0.05, 0.1) is 5.75 Å². The second-order valence-electron chi connectivity index (χ2n) is 4.93. The van der Waals surface area contributed by atoms with E-state index in [1.54, 1.807) is 0 Å². The molecule has 0 saturated carbocycles. The number of thioether (sulfide) groups is 1. The van der Waals surface area contributed by atoms with Gasteiger partial charge in [-0.25, -0.2) is 0 Å². The Labute approximate surface area is 124 Å². The van der Waals surface area contributed by atoms with Crippen LogP contribution in [0.25, 0.3) is 0 Å². The van der Waals surface area contributed by atoms with Crippen molar-refractivity contribution in [2.75, 3.05) is 11.5 Å². The number of benzene rings is 1. The Kier molecular flexibility index (Phi) is 5.47. The Morgan fingerprint density at radius 3 is 2.75 bits per heavy atom. The van der Waals surface area contributed by atoms with E-state index in [4.69, 9.17) is 10.3 Å². The van der Waals surface area contributed by atoms with Crippen LogP contribution in [0.4, 0.5) is 5.69 Å². The van der Waals surface area contributed by atoms with Crippen LogP contribution in [0.1, 0.15) is 43.5 Å². The summed E-state index contributed by atoms with van der Waals surface area (Å²) < 4.78 is 5.31. The Bertz CT molecular complexity index is 524. The van der Waals surface area contributed by atoms with E-state index in [1.165, 1.54) is 12.0 Å². The summed E-state index contributed by atoms with van der Waals surface area (Å²) in [6.45, 7) is 4.32. The number of nitrogens with two attached hydrogens (primary N) is 1. The summed E-state index contributed by atoms with van der Waals surface area (Å²) in [5.41, 5.74) is 7.72. The van der Waals surface area contributed by atoms with E-state index in [0.29, 0.717) is 11.8 Å². The average Bonchev–Trinajstić information content (AvgIpc) is 2.87. The Morgan fingerprint density at radius 2 is 2.05 bits per heavy atom. The summed E-state index contributed by atoms with van der Waals surface area (Å²) in [5, 5.41) is 4.02. The first kappa shape index (κ1) is 14.9. The molecule has 0 bridgehead atoms. The minimum Gasteiger partial charge on any atom is -0.399 e. The minimum atomic E-state index is 0.340. The van der Waals surface area contributed by atoms with Crippen molar-refractivity contribution in [3.8, 4) is 0 Å². The number of nitrogens with zero attached hydrogens (tertiary/aromatic N) is 2. The van der Waals surface area contributed by atoms with Crippen LogP contribution in [-0.2, 0) is 12.2 Å². The lowest BCUT2D eigenvalue weighted by molar-refractivity contribution is 0.368. The van der Waals surface area contributed by atoms with Crippen molar-refractivity contribution < 1.29 is 4.52 Å². The number of nitrogen functional groups attached to an aromatic ring is 1. The van der Waals surface area contributed by atoms with Gasteiger partial charge in [0, 0.05) is 12.1 Å². The van der Waals surface area contributed by atoms with Crippen LogP contribution in [0.3, 0.4) is 0 Å². The van der Waals surface area contributed by atoms with E-state index in [9.17, 15) is 0 Å². The highest BCUT2D eigenvalue weighted by atomic mass is 32.2. The molecule has 2 N–H and O–H groups in total. The van der Waals surface area contributed by atoms with Crippen molar-refractivity contribution in [2.24, 2.45) is 0 Å². The fourth-order valence-corrected chi connectivity index (χ4v) is 2.68. The van der Waals surface area contributed by atoms with Crippen LogP contribution < -0.4 is 5.73 Å². The molecule has 1 unspecified atom stereocenters. The number of rotatable bonds is 7. The maximum absolute atomic E-state index is 5.70. The summed E-state index contributed by atoms with van der Waals surface area (Å²) in [7, 11) is 0. The van der Waals surface area contributed by atoms with Crippen molar-refractivity contribution in [3.63, 3.8) is 0 Å². The van der Waals surface area contributed by atoms with Gasteiger partial charge in [-0.15, -0.1) is 0 Å². The zero-order chi connectivity index (χ0) is 14.4. The zero-order valence-electron chi connectivity index (χ0n) is 12.0. The lowest BCUT2D eigenvalue weighted by Gasteiger charge is -2.09. The zero-order valence-corrected chi connectivity index (χ0v) is 12.8. The van der Waals surface area contributed by atoms with Gasteiger partial charge in [0.25, 0.3) is 0 Å². The first-order valence-corrected chi connectivity index (χ1v) is 8.09. The highest BCUT2D eigenvalue weighted by molar-refractivity contribution is 7.98. The Morgan fingerprint density at radius 1 is 1.30 bits per heavy atom. The molecule has 1 aromatic heterocycles. The lowest BCUT2D eigenvalue weighted by Crippen LogP contribution is -1.99. The third-order valence-corrected chi connectivity index (χ3v) is 4.24. The number of anilines is 1. The third kappa shape index (κ3) is 4.27. The van der Waals surface area contributed by atoms with Gasteiger partial charge in [0.1, 0.15) is 0 Å². The Balaban J connectivity index is 1.91. The van der Waals surface area contributed by atoms with Crippen molar-refractivity contribution in [2.45, 2.75) is 38.4 Å². The van der Waals surface area contributed by atoms with E-state index in [2.05, 4.69) is 24.0 Å². The molecule has 0 amide bonds. The van der Waals surface area contributed by atoms with Crippen LogP contribution in [0.5, 0.6) is 0 Å². The molecule has 108 valence electrons. The molecule has 0 aliphatic carbocycles. The SMILES string of the molecule is CCCSCc1noc(CC(C)c2ccc(N)cc2)n1. The third-order valence-electron chi connectivity index (χ3n) is 3.08. The summed E-state index contributed by atoms with van der Waals surface area (Å²) >= 11 is 1.84. The van der Waals surface area contributed by atoms with Gasteiger partial charge in [0.15, 0.2) is 5.82 Å². The summed E-state index contributed by atoms with van der Waals surface area (Å²) in [6.07, 6.45) is 1.93.